The molecule has 2 N–H and O–H groups in total. The Kier molecular flexibility index (Phi) is 4.63. The van der Waals surface area contributed by atoms with E-state index in [4.69, 9.17) is 0 Å². The number of aliphatic hydroxyl groups excluding tert-OH is 1. The van der Waals surface area contributed by atoms with Gasteiger partial charge in [-0.25, -0.2) is 0 Å². The summed E-state index contributed by atoms with van der Waals surface area (Å²) in [6, 6.07) is 0. The van der Waals surface area contributed by atoms with Gasteiger partial charge in [-0.2, -0.15) is 0 Å². The second-order valence-corrected chi connectivity index (χ2v) is 5.82. The maximum Gasteiger partial charge on any atom is 0.0700 e. The summed E-state index contributed by atoms with van der Waals surface area (Å²) in [5.74, 6) is 0.114. The van der Waals surface area contributed by atoms with Crippen LogP contribution in [0.3, 0.4) is 0 Å². The van der Waals surface area contributed by atoms with Crippen molar-refractivity contribution in [2.45, 2.75) is 75.9 Å². The van der Waals surface area contributed by atoms with Crippen LogP contribution in [0, 0.1) is 5.92 Å². The van der Waals surface area contributed by atoms with Gasteiger partial charge < -0.3 is 10.2 Å². The van der Waals surface area contributed by atoms with Crippen molar-refractivity contribution in [1.29, 1.82) is 0 Å². The largest absolute Gasteiger partial charge is 0.393 e. The number of hydrogen-bond acceptors (Lipinski definition) is 2. The molecule has 2 aliphatic carbocycles. The van der Waals surface area contributed by atoms with E-state index in [0.29, 0.717) is 0 Å². The molecule has 0 aliphatic heterocycles. The fourth-order valence-corrected chi connectivity index (χ4v) is 3.51. The van der Waals surface area contributed by atoms with E-state index in [9.17, 15) is 10.2 Å². The lowest BCUT2D eigenvalue weighted by atomic mass is 9.69. The lowest BCUT2D eigenvalue weighted by molar-refractivity contribution is -0.103. The molecular weight excluding hydrogens is 212 g/mol. The van der Waals surface area contributed by atoms with E-state index in [-0.39, 0.29) is 12.0 Å². The molecule has 0 heterocycles. The average molecular weight is 238 g/mol. The summed E-state index contributed by atoms with van der Waals surface area (Å²) < 4.78 is 0. The SMILES string of the molecule is OC1CC/C=C\CCCC[C@@]2(O)CCCC[C@H]12. The maximum atomic E-state index is 10.8. The maximum absolute atomic E-state index is 10.8. The van der Waals surface area contributed by atoms with E-state index >= 15 is 0 Å². The molecule has 1 unspecified atom stereocenters. The third kappa shape index (κ3) is 3.32. The molecule has 1 saturated carbocycles. The second-order valence-electron chi connectivity index (χ2n) is 5.82. The molecule has 2 heteroatoms. The molecule has 0 aromatic heterocycles. The van der Waals surface area contributed by atoms with Gasteiger partial charge in [0.15, 0.2) is 0 Å². The van der Waals surface area contributed by atoms with Crippen LogP contribution in [-0.2, 0) is 0 Å². The summed E-state index contributed by atoms with van der Waals surface area (Å²) in [7, 11) is 0. The minimum absolute atomic E-state index is 0.114. The van der Waals surface area contributed by atoms with E-state index < -0.39 is 5.60 Å². The molecule has 0 spiro atoms. The van der Waals surface area contributed by atoms with Crippen molar-refractivity contribution in [3.05, 3.63) is 12.2 Å². The smallest absolute Gasteiger partial charge is 0.0700 e. The normalized spacial score (nSPS) is 42.2. The van der Waals surface area contributed by atoms with Gasteiger partial charge in [0.1, 0.15) is 0 Å². The molecule has 98 valence electrons. The summed E-state index contributed by atoms with van der Waals surface area (Å²) in [6.07, 6.45) is 14.3. The summed E-state index contributed by atoms with van der Waals surface area (Å²) in [5.41, 5.74) is -0.581. The topological polar surface area (TPSA) is 40.5 Å². The van der Waals surface area contributed by atoms with E-state index in [2.05, 4.69) is 12.2 Å². The van der Waals surface area contributed by atoms with Crippen molar-refractivity contribution in [1.82, 2.24) is 0 Å². The molecule has 0 aromatic carbocycles. The highest BCUT2D eigenvalue weighted by Crippen LogP contribution is 2.40. The zero-order chi connectivity index (χ0) is 12.1. The molecular formula is C15H26O2. The predicted octanol–water partition coefficient (Wildman–Crippen LogP) is 3.18. The highest BCUT2D eigenvalue weighted by atomic mass is 16.3. The summed E-state index contributed by atoms with van der Waals surface area (Å²) in [6.45, 7) is 0. The molecule has 2 rings (SSSR count). The molecule has 0 bridgehead atoms. The molecule has 0 amide bonds. The van der Waals surface area contributed by atoms with Crippen molar-refractivity contribution in [3.8, 4) is 0 Å². The first-order chi connectivity index (χ1) is 8.22. The van der Waals surface area contributed by atoms with Crippen molar-refractivity contribution in [2.24, 2.45) is 5.92 Å². The second kappa shape index (κ2) is 6.01. The molecule has 0 aromatic rings. The minimum Gasteiger partial charge on any atom is -0.393 e. The van der Waals surface area contributed by atoms with Crippen LogP contribution < -0.4 is 0 Å². The van der Waals surface area contributed by atoms with Crippen LogP contribution in [0.15, 0.2) is 12.2 Å². The van der Waals surface area contributed by atoms with E-state index in [0.717, 1.165) is 51.4 Å². The minimum atomic E-state index is -0.581. The van der Waals surface area contributed by atoms with Crippen LogP contribution in [0.2, 0.25) is 0 Å². The Hall–Kier alpha value is -0.340. The van der Waals surface area contributed by atoms with Gasteiger partial charge >= 0.3 is 0 Å². The Labute approximate surface area is 105 Å². The Morgan fingerprint density at radius 2 is 1.59 bits per heavy atom. The van der Waals surface area contributed by atoms with Crippen LogP contribution in [0.25, 0.3) is 0 Å². The number of allylic oxidation sites excluding steroid dienone is 2. The molecule has 1 fully saturated rings. The van der Waals surface area contributed by atoms with Gasteiger partial charge in [0.2, 0.25) is 0 Å². The number of rotatable bonds is 0. The highest BCUT2D eigenvalue weighted by Gasteiger charge is 2.41. The van der Waals surface area contributed by atoms with Crippen molar-refractivity contribution >= 4 is 0 Å². The average Bonchev–Trinajstić information content (AvgIpc) is 2.34. The van der Waals surface area contributed by atoms with Crippen LogP contribution in [0.1, 0.15) is 64.2 Å². The first-order valence-corrected chi connectivity index (χ1v) is 7.28. The van der Waals surface area contributed by atoms with Crippen molar-refractivity contribution in [2.75, 3.05) is 0 Å². The fraction of sp³-hybridized carbons (Fsp3) is 0.867. The molecule has 0 radical (unpaired) electrons. The molecule has 17 heavy (non-hydrogen) atoms. The molecule has 2 nitrogen and oxygen atoms in total. The van der Waals surface area contributed by atoms with Gasteiger partial charge in [-0.3, -0.25) is 0 Å². The Morgan fingerprint density at radius 1 is 0.882 bits per heavy atom. The van der Waals surface area contributed by atoms with Gasteiger partial charge in [-0.1, -0.05) is 31.4 Å². The van der Waals surface area contributed by atoms with Gasteiger partial charge in [-0.05, 0) is 44.9 Å². The summed E-state index contributed by atoms with van der Waals surface area (Å²) in [5, 5.41) is 21.1. The van der Waals surface area contributed by atoms with E-state index in [1.165, 1.54) is 12.8 Å². The summed E-state index contributed by atoms with van der Waals surface area (Å²) >= 11 is 0. The zero-order valence-electron chi connectivity index (χ0n) is 10.8. The van der Waals surface area contributed by atoms with Gasteiger partial charge in [0.25, 0.3) is 0 Å². The third-order valence-corrected chi connectivity index (χ3v) is 4.56. The Bertz CT molecular complexity index is 262. The van der Waals surface area contributed by atoms with E-state index in [1.54, 1.807) is 0 Å². The lowest BCUT2D eigenvalue weighted by Gasteiger charge is -2.42. The zero-order valence-corrected chi connectivity index (χ0v) is 10.8. The van der Waals surface area contributed by atoms with Gasteiger partial charge in [0, 0.05) is 5.92 Å². The number of aliphatic hydroxyl groups is 2. The molecule has 3 atom stereocenters. The van der Waals surface area contributed by atoms with Crippen LogP contribution in [-0.4, -0.2) is 21.9 Å². The fourth-order valence-electron chi connectivity index (χ4n) is 3.51. The van der Waals surface area contributed by atoms with E-state index in [1.807, 2.05) is 0 Å². The third-order valence-electron chi connectivity index (χ3n) is 4.56. The van der Waals surface area contributed by atoms with Gasteiger partial charge in [0.05, 0.1) is 11.7 Å². The quantitative estimate of drug-likeness (QED) is 0.636. The van der Waals surface area contributed by atoms with Gasteiger partial charge in [-0.15, -0.1) is 0 Å². The van der Waals surface area contributed by atoms with Crippen LogP contribution >= 0.6 is 0 Å². The lowest BCUT2D eigenvalue weighted by Crippen LogP contribution is -2.46. The number of hydrogen-bond donors (Lipinski definition) is 2. The molecule has 2 aliphatic rings. The first kappa shape index (κ1) is 13.1. The monoisotopic (exact) mass is 238 g/mol. The number of fused-ring (bicyclic) bond motifs is 1. The standard InChI is InChI=1S/C15H26O2/c16-14-10-5-3-1-2-4-7-11-15(17)12-8-6-9-13(14)15/h1,3,13-14,16-17H,2,4-12H2/b3-1-/t13-,14?,15-/m1/s1. The first-order valence-electron chi connectivity index (χ1n) is 7.28. The molecule has 0 saturated heterocycles. The predicted molar refractivity (Wildman–Crippen MR) is 69.8 cm³/mol. The van der Waals surface area contributed by atoms with Crippen molar-refractivity contribution < 1.29 is 10.2 Å². The highest BCUT2D eigenvalue weighted by molar-refractivity contribution is 4.95. The van der Waals surface area contributed by atoms with Crippen LogP contribution in [0.5, 0.6) is 0 Å². The Balaban J connectivity index is 2.07. The Morgan fingerprint density at radius 3 is 2.41 bits per heavy atom. The summed E-state index contributed by atoms with van der Waals surface area (Å²) in [4.78, 5) is 0. The van der Waals surface area contributed by atoms with Crippen molar-refractivity contribution in [3.63, 3.8) is 0 Å². The van der Waals surface area contributed by atoms with Crippen LogP contribution in [0.4, 0.5) is 0 Å².